The third kappa shape index (κ3) is 32.5. The van der Waals surface area contributed by atoms with Crippen molar-refractivity contribution >= 4 is 10.9 Å². The normalized spacial score (nSPS) is 9.80. The summed E-state index contributed by atoms with van der Waals surface area (Å²) in [5, 5.41) is 16.7. The van der Waals surface area contributed by atoms with Gasteiger partial charge in [-0.2, -0.15) is 20.4 Å². The fourth-order valence-electron chi connectivity index (χ4n) is 8.80. The molecule has 546 valence electrons. The maximum absolute atomic E-state index is 4.38. The van der Waals surface area contributed by atoms with Crippen LogP contribution in [0.4, 0.5) is 0 Å². The molecule has 103 heavy (non-hydrogen) atoms. The van der Waals surface area contributed by atoms with Gasteiger partial charge in [0.25, 0.3) is 0 Å². The first-order valence-corrected chi connectivity index (χ1v) is 34.9. The molecular formula is C87H118N16. The minimum absolute atomic E-state index is 0.845. The largest absolute Gasteiger partial charge is 0.264 e. The second-order valence-corrected chi connectivity index (χ2v) is 26.5. The monoisotopic (exact) mass is 1390 g/mol. The Morgan fingerprint density at radius 1 is 0.233 bits per heavy atom. The Balaban J connectivity index is 0.000000386. The highest BCUT2D eigenvalue weighted by atomic mass is 15.1. The van der Waals surface area contributed by atoms with Crippen LogP contribution >= 0.6 is 0 Å². The van der Waals surface area contributed by atoms with Gasteiger partial charge in [0.05, 0.1) is 45.9 Å². The van der Waals surface area contributed by atoms with Gasteiger partial charge < -0.3 is 0 Å². The Hall–Kier alpha value is -10.2. The van der Waals surface area contributed by atoms with E-state index in [4.69, 9.17) is 0 Å². The predicted molar refractivity (Wildman–Crippen MR) is 429 cm³/mol. The van der Waals surface area contributed by atoms with Crippen molar-refractivity contribution in [1.29, 1.82) is 0 Å². The first-order valence-electron chi connectivity index (χ1n) is 34.9. The van der Waals surface area contributed by atoms with Crippen LogP contribution in [0.25, 0.3) is 10.9 Å². The van der Waals surface area contributed by atoms with Crippen LogP contribution in [0.15, 0.2) is 117 Å². The molecule has 0 aliphatic rings. The van der Waals surface area contributed by atoms with Crippen LogP contribution in [-0.2, 0) is 0 Å². The van der Waals surface area contributed by atoms with Crippen LogP contribution in [0.2, 0.25) is 0 Å². The molecule has 0 aliphatic carbocycles. The summed E-state index contributed by atoms with van der Waals surface area (Å²) >= 11 is 0. The second kappa shape index (κ2) is 44.9. The molecule has 12 aromatic rings. The van der Waals surface area contributed by atoms with E-state index in [2.05, 4.69) is 207 Å². The Morgan fingerprint density at radius 3 is 1.25 bits per heavy atom. The molecule has 0 aliphatic heterocycles. The lowest BCUT2D eigenvalue weighted by molar-refractivity contribution is 0.924. The first kappa shape index (κ1) is 88.9. The fraction of sp³-hybridized carbons (Fsp3) is 0.379. The lowest BCUT2D eigenvalue weighted by atomic mass is 10.0. The summed E-state index contributed by atoms with van der Waals surface area (Å²) < 4.78 is 0. The average Bonchev–Trinajstić information content (AvgIpc) is 0.804. The van der Waals surface area contributed by atoms with Crippen molar-refractivity contribution in [3.8, 4) is 0 Å². The number of aromatic nitrogens is 16. The van der Waals surface area contributed by atoms with Gasteiger partial charge in [-0.15, -0.1) is 0 Å². The van der Waals surface area contributed by atoms with Crippen molar-refractivity contribution in [1.82, 2.24) is 80.2 Å². The Kier molecular flexibility index (Phi) is 38.7. The van der Waals surface area contributed by atoms with E-state index in [1.54, 1.807) is 18.7 Å². The number of rotatable bonds is 0. The standard InChI is InChI=1S/C12H13N.5C8H11N.5C7H10N2/c1-8-7-11-5-4-6-13-12(11)10(3)9(8)2;1-6-4-9-5-7(2)8(6)3;1-6-4-8(3)9-5-7(6)2;1-6-4-7(2)8(3)9-5-6;1-6-4-5-9-8(3)7(6)2;1-6-4-5-7(2)9-8(6)3;1-5-6(2)8-4-9-7(5)3;1-5-4-8-6(2)7(3)9-5;1-5-4-8-7(3)9-6(5)2;1-5-4-8-9-7(3)6(5)2;1-5-4-6(2)8-9-7(5)3/h4-7H,1-3H3;5*4-5H,1-3H3;5*4H,1-3H3. The molecule has 0 spiro atoms. The number of aryl methyl sites for hydroxylation is 28. The van der Waals surface area contributed by atoms with Crippen LogP contribution < -0.4 is 0 Å². The van der Waals surface area contributed by atoms with Gasteiger partial charge in [-0.3, -0.25) is 39.9 Å². The van der Waals surface area contributed by atoms with Crippen molar-refractivity contribution in [3.63, 3.8) is 0 Å². The number of fused-ring (bicyclic) bond motifs is 1. The van der Waals surface area contributed by atoms with Crippen molar-refractivity contribution in [2.75, 3.05) is 0 Å². The van der Waals surface area contributed by atoms with E-state index in [1.807, 2.05) is 199 Å². The molecule has 12 rings (SSSR count). The van der Waals surface area contributed by atoms with Gasteiger partial charge >= 0.3 is 0 Å². The summed E-state index contributed by atoms with van der Waals surface area (Å²) in [5.74, 6) is 0.845. The number of nitrogens with zero attached hydrogens (tertiary/aromatic N) is 16. The van der Waals surface area contributed by atoms with Crippen LogP contribution in [-0.4, -0.2) is 80.2 Å². The maximum Gasteiger partial charge on any atom is 0.125 e. The molecule has 0 bridgehead atoms. The molecule has 0 atom stereocenters. The molecular weight excluding hydrogens is 1270 g/mol. The number of hydrogen-bond donors (Lipinski definition) is 0. The van der Waals surface area contributed by atoms with Crippen LogP contribution in [0.3, 0.4) is 0 Å². The highest BCUT2D eigenvalue weighted by molar-refractivity contribution is 5.83. The quantitative estimate of drug-likeness (QED) is 0.138. The second-order valence-electron chi connectivity index (χ2n) is 26.5. The maximum atomic E-state index is 4.38. The number of benzene rings is 1. The average molecular weight is 1390 g/mol. The minimum atomic E-state index is 0.845. The van der Waals surface area contributed by atoms with Crippen LogP contribution in [0.5, 0.6) is 0 Å². The van der Waals surface area contributed by atoms with Crippen molar-refractivity contribution in [2.45, 2.75) is 228 Å². The summed E-state index contributed by atoms with van der Waals surface area (Å²) in [7, 11) is 0. The molecule has 11 aromatic heterocycles. The van der Waals surface area contributed by atoms with E-state index < -0.39 is 0 Å². The SMILES string of the molecule is Cc1cc(C)c(C)cn1.Cc1cc(C)c(C)nn1.Cc1cc2cccnc2c(C)c1C.Cc1ccc(C)c(C)n1.Cc1ccnc(C)c1C.Cc1cnc(C)c(C)c1.Cc1cnc(C)c(C)n1.Cc1cncc(C)c1C.Cc1cnnc(C)c1C.Cc1ncc(C)c(C)n1.Cc1ncnc(C)c1C. The zero-order valence-corrected chi connectivity index (χ0v) is 68.6. The Labute approximate surface area is 618 Å². The summed E-state index contributed by atoms with van der Waals surface area (Å²) in [5.41, 5.74) is 38.9. The van der Waals surface area contributed by atoms with Gasteiger partial charge in [0.15, 0.2) is 0 Å². The van der Waals surface area contributed by atoms with E-state index in [-0.39, 0.29) is 0 Å². The van der Waals surface area contributed by atoms with E-state index in [9.17, 15) is 0 Å². The third-order valence-corrected chi connectivity index (χ3v) is 17.8. The molecule has 0 saturated carbocycles. The lowest BCUT2D eigenvalue weighted by Gasteiger charge is -2.07. The molecule has 0 N–H and O–H groups in total. The summed E-state index contributed by atoms with van der Waals surface area (Å²) in [6.45, 7) is 67.2. The van der Waals surface area contributed by atoms with E-state index >= 15 is 0 Å². The summed E-state index contributed by atoms with van der Waals surface area (Å²) in [6.07, 6.45) is 18.3. The van der Waals surface area contributed by atoms with E-state index in [0.717, 1.165) is 96.6 Å². The van der Waals surface area contributed by atoms with Gasteiger partial charge in [-0.25, -0.2) is 19.9 Å². The van der Waals surface area contributed by atoms with E-state index in [1.165, 1.54) is 100.0 Å². The molecule has 16 nitrogen and oxygen atoms in total. The molecule has 0 saturated heterocycles. The molecule has 1 aromatic carbocycles. The first-order chi connectivity index (χ1) is 48.2. The minimum Gasteiger partial charge on any atom is -0.264 e. The molecule has 11 heterocycles. The number of pyridine rings is 6. The van der Waals surface area contributed by atoms with Crippen LogP contribution in [0.1, 0.15) is 186 Å². The van der Waals surface area contributed by atoms with Gasteiger partial charge in [-0.1, -0.05) is 18.2 Å². The summed E-state index contributed by atoms with van der Waals surface area (Å²) in [4.78, 5) is 49.7. The molecule has 16 heteroatoms. The topological polar surface area (TPSA) is 206 Å². The van der Waals surface area contributed by atoms with Crippen molar-refractivity contribution < 1.29 is 0 Å². The van der Waals surface area contributed by atoms with Gasteiger partial charge in [0, 0.05) is 101 Å². The fourth-order valence-corrected chi connectivity index (χ4v) is 8.80. The third-order valence-electron chi connectivity index (χ3n) is 17.8. The molecule has 0 unspecified atom stereocenters. The lowest BCUT2D eigenvalue weighted by Crippen LogP contribution is -1.92. The zero-order chi connectivity index (χ0) is 78.0. The van der Waals surface area contributed by atoms with Gasteiger partial charge in [0.1, 0.15) is 12.2 Å². The predicted octanol–water partition coefficient (Wildman–Crippen LogP) is 20.2. The highest BCUT2D eigenvalue weighted by Gasteiger charge is 2.05. The van der Waals surface area contributed by atoms with Gasteiger partial charge in [0.2, 0.25) is 0 Å². The highest BCUT2D eigenvalue weighted by Crippen LogP contribution is 2.22. The molecule has 0 fully saturated rings. The number of hydrogen-bond acceptors (Lipinski definition) is 16. The van der Waals surface area contributed by atoms with Gasteiger partial charge in [-0.05, 0) is 365 Å². The van der Waals surface area contributed by atoms with Crippen LogP contribution in [0, 0.1) is 228 Å². The molecule has 0 amide bonds. The van der Waals surface area contributed by atoms with Crippen molar-refractivity contribution in [3.05, 3.63) is 302 Å². The zero-order valence-electron chi connectivity index (χ0n) is 68.6. The summed E-state index contributed by atoms with van der Waals surface area (Å²) in [6, 6.07) is 18.7. The van der Waals surface area contributed by atoms with E-state index in [0.29, 0.717) is 0 Å². The smallest absolute Gasteiger partial charge is 0.125 e. The van der Waals surface area contributed by atoms with Crippen molar-refractivity contribution in [2.24, 2.45) is 0 Å². The Morgan fingerprint density at radius 2 is 0.786 bits per heavy atom. The Bertz CT molecular complexity index is 3970. The molecule has 0 radical (unpaired) electrons.